The first-order valence-electron chi connectivity index (χ1n) is 7.60. The second-order valence-corrected chi connectivity index (χ2v) is 8.44. The Bertz CT molecular complexity index is 900. The van der Waals surface area contributed by atoms with Gasteiger partial charge in [-0.2, -0.15) is 0 Å². The number of halogens is 2. The van der Waals surface area contributed by atoms with E-state index in [0.717, 1.165) is 8.78 Å². The number of benzene rings is 2. The van der Waals surface area contributed by atoms with E-state index in [4.69, 9.17) is 16.3 Å². The molecule has 0 fully saturated rings. The van der Waals surface area contributed by atoms with Crippen LogP contribution in [0.2, 0.25) is 0 Å². The lowest BCUT2D eigenvalue weighted by atomic mass is 10.2. The van der Waals surface area contributed by atoms with Gasteiger partial charge in [-0.3, -0.25) is 9.10 Å². The number of hydrogen-bond donors (Lipinski definition) is 0. The standard InChI is InChI=1S/C18H17BrClNO4S/c1-3-11-25-16-6-4-5-15(12-16)21(13(2)18(20)22)26(23,24)17-9-7-14(19)8-10-17/h3-10,12-13H,1,11H2,2H3. The van der Waals surface area contributed by atoms with Crippen molar-refractivity contribution < 1.29 is 17.9 Å². The average molecular weight is 459 g/mol. The zero-order valence-electron chi connectivity index (χ0n) is 13.9. The average Bonchev–Trinajstić information content (AvgIpc) is 2.60. The molecule has 1 unspecified atom stereocenters. The van der Waals surface area contributed by atoms with Crippen LogP contribution in [0, 0.1) is 0 Å². The van der Waals surface area contributed by atoms with E-state index in [-0.39, 0.29) is 17.2 Å². The minimum atomic E-state index is -4.02. The van der Waals surface area contributed by atoms with E-state index in [2.05, 4.69) is 22.5 Å². The summed E-state index contributed by atoms with van der Waals surface area (Å²) in [6.45, 7) is 5.28. The van der Waals surface area contributed by atoms with E-state index in [1.807, 2.05) is 0 Å². The van der Waals surface area contributed by atoms with Crippen molar-refractivity contribution in [2.75, 3.05) is 10.9 Å². The molecule has 0 heterocycles. The maximum atomic E-state index is 13.2. The maximum absolute atomic E-state index is 13.2. The molecule has 0 amide bonds. The number of nitrogens with zero attached hydrogens (tertiary/aromatic N) is 1. The first-order chi connectivity index (χ1) is 12.3. The fourth-order valence-corrected chi connectivity index (χ4v) is 4.28. The summed E-state index contributed by atoms with van der Waals surface area (Å²) in [6.07, 6.45) is 1.58. The number of rotatable bonds is 8. The first-order valence-corrected chi connectivity index (χ1v) is 10.2. The van der Waals surface area contributed by atoms with Gasteiger partial charge in [-0.05, 0) is 54.9 Å². The van der Waals surface area contributed by atoms with E-state index < -0.39 is 21.3 Å². The predicted molar refractivity (Wildman–Crippen MR) is 106 cm³/mol. The van der Waals surface area contributed by atoms with Crippen molar-refractivity contribution in [3.63, 3.8) is 0 Å². The lowest BCUT2D eigenvalue weighted by Gasteiger charge is -2.28. The molecule has 2 rings (SSSR count). The van der Waals surface area contributed by atoms with Crippen molar-refractivity contribution >= 4 is 48.5 Å². The molecular weight excluding hydrogens is 442 g/mol. The van der Waals surface area contributed by atoms with Crippen LogP contribution in [0.4, 0.5) is 5.69 Å². The Labute approximate surface area is 166 Å². The smallest absolute Gasteiger partial charge is 0.265 e. The largest absolute Gasteiger partial charge is 0.489 e. The van der Waals surface area contributed by atoms with Gasteiger partial charge in [-0.25, -0.2) is 8.42 Å². The molecule has 8 heteroatoms. The van der Waals surface area contributed by atoms with Gasteiger partial charge < -0.3 is 4.74 Å². The highest BCUT2D eigenvalue weighted by Gasteiger charge is 2.32. The van der Waals surface area contributed by atoms with Crippen LogP contribution in [0.5, 0.6) is 5.75 Å². The summed E-state index contributed by atoms with van der Waals surface area (Å²) in [5.41, 5.74) is 0.274. The lowest BCUT2D eigenvalue weighted by molar-refractivity contribution is -0.112. The molecule has 0 saturated heterocycles. The summed E-state index contributed by atoms with van der Waals surface area (Å²) in [7, 11) is -4.02. The van der Waals surface area contributed by atoms with Gasteiger partial charge in [0.1, 0.15) is 18.4 Å². The number of sulfonamides is 1. The van der Waals surface area contributed by atoms with Crippen molar-refractivity contribution in [3.05, 3.63) is 65.7 Å². The van der Waals surface area contributed by atoms with Crippen LogP contribution >= 0.6 is 27.5 Å². The van der Waals surface area contributed by atoms with E-state index in [9.17, 15) is 13.2 Å². The Morgan fingerprint density at radius 1 is 1.31 bits per heavy atom. The van der Waals surface area contributed by atoms with Crippen molar-refractivity contribution in [1.82, 2.24) is 0 Å². The quantitative estimate of drug-likeness (QED) is 0.435. The number of ether oxygens (including phenoxy) is 1. The van der Waals surface area contributed by atoms with Gasteiger partial charge in [-0.15, -0.1) is 0 Å². The summed E-state index contributed by atoms with van der Waals surface area (Å²) in [5, 5.41) is -0.789. The zero-order valence-corrected chi connectivity index (χ0v) is 17.1. The highest BCUT2D eigenvalue weighted by atomic mass is 79.9. The third kappa shape index (κ3) is 4.66. The Morgan fingerprint density at radius 3 is 2.54 bits per heavy atom. The predicted octanol–water partition coefficient (Wildman–Crippen LogP) is 4.36. The molecule has 5 nitrogen and oxygen atoms in total. The molecule has 138 valence electrons. The van der Waals surface area contributed by atoms with E-state index >= 15 is 0 Å². The van der Waals surface area contributed by atoms with Gasteiger partial charge in [0, 0.05) is 10.5 Å². The number of hydrogen-bond acceptors (Lipinski definition) is 4. The Morgan fingerprint density at radius 2 is 1.96 bits per heavy atom. The lowest BCUT2D eigenvalue weighted by Crippen LogP contribution is -2.42. The molecule has 1 atom stereocenters. The van der Waals surface area contributed by atoms with Crippen LogP contribution < -0.4 is 9.04 Å². The molecule has 0 aliphatic carbocycles. The normalized spacial score (nSPS) is 12.3. The third-order valence-corrected chi connectivity index (χ3v) is 6.25. The van der Waals surface area contributed by atoms with Crippen LogP contribution in [0.3, 0.4) is 0 Å². The van der Waals surface area contributed by atoms with Crippen LogP contribution in [0.1, 0.15) is 6.92 Å². The summed E-state index contributed by atoms with van der Waals surface area (Å²) >= 11 is 8.89. The van der Waals surface area contributed by atoms with Crippen molar-refractivity contribution in [1.29, 1.82) is 0 Å². The minimum absolute atomic E-state index is 0.0443. The Kier molecular flexibility index (Phi) is 6.86. The summed E-state index contributed by atoms with van der Waals surface area (Å²) in [4.78, 5) is 11.8. The van der Waals surface area contributed by atoms with Crippen LogP contribution in [0.15, 0.2) is 70.6 Å². The molecule has 0 radical (unpaired) electrons. The van der Waals surface area contributed by atoms with Gasteiger partial charge in [0.25, 0.3) is 10.0 Å². The third-order valence-electron chi connectivity index (χ3n) is 3.49. The van der Waals surface area contributed by atoms with E-state index in [1.54, 1.807) is 36.4 Å². The first kappa shape index (κ1) is 20.5. The van der Waals surface area contributed by atoms with Crippen molar-refractivity contribution in [2.24, 2.45) is 0 Å². The molecule has 26 heavy (non-hydrogen) atoms. The van der Waals surface area contributed by atoms with Crippen molar-refractivity contribution in [3.8, 4) is 5.75 Å². The Balaban J connectivity index is 2.55. The molecule has 0 saturated carbocycles. The summed E-state index contributed by atoms with van der Waals surface area (Å²) in [5.74, 6) is 0.452. The van der Waals surface area contributed by atoms with Gasteiger partial charge in [0.15, 0.2) is 0 Å². The van der Waals surface area contributed by atoms with Crippen LogP contribution in [-0.4, -0.2) is 26.3 Å². The molecule has 0 N–H and O–H groups in total. The molecule has 2 aromatic carbocycles. The molecule has 0 aromatic heterocycles. The minimum Gasteiger partial charge on any atom is -0.489 e. The van der Waals surface area contributed by atoms with Crippen molar-refractivity contribution in [2.45, 2.75) is 17.9 Å². The second kappa shape index (κ2) is 8.70. The number of anilines is 1. The second-order valence-electron chi connectivity index (χ2n) is 5.33. The fourth-order valence-electron chi connectivity index (χ4n) is 2.25. The molecule has 0 aliphatic rings. The Hall–Kier alpha value is -1.83. The molecule has 0 aliphatic heterocycles. The molecule has 0 bridgehead atoms. The number of carbonyl (C=O) groups is 1. The van der Waals surface area contributed by atoms with Crippen LogP contribution in [0.25, 0.3) is 0 Å². The fraction of sp³-hybridized carbons (Fsp3) is 0.167. The number of carbonyl (C=O) groups excluding carboxylic acids is 1. The van der Waals surface area contributed by atoms with E-state index in [0.29, 0.717) is 5.75 Å². The van der Waals surface area contributed by atoms with Gasteiger partial charge in [-0.1, -0.05) is 34.7 Å². The maximum Gasteiger partial charge on any atom is 0.265 e. The highest BCUT2D eigenvalue weighted by molar-refractivity contribution is 9.10. The van der Waals surface area contributed by atoms with Gasteiger partial charge in [0.2, 0.25) is 5.24 Å². The van der Waals surface area contributed by atoms with Crippen LogP contribution in [-0.2, 0) is 14.8 Å². The van der Waals surface area contributed by atoms with Gasteiger partial charge in [0.05, 0.1) is 10.6 Å². The molecular formula is C18H17BrClNO4S. The van der Waals surface area contributed by atoms with E-state index in [1.165, 1.54) is 25.1 Å². The monoisotopic (exact) mass is 457 g/mol. The van der Waals surface area contributed by atoms with Gasteiger partial charge >= 0.3 is 0 Å². The molecule has 0 spiro atoms. The highest BCUT2D eigenvalue weighted by Crippen LogP contribution is 2.30. The zero-order chi connectivity index (χ0) is 19.3. The SMILES string of the molecule is C=CCOc1cccc(N(C(C)C(=O)Cl)S(=O)(=O)c2ccc(Br)cc2)c1. The molecule has 2 aromatic rings. The summed E-state index contributed by atoms with van der Waals surface area (Å²) < 4.78 is 33.5. The topological polar surface area (TPSA) is 63.7 Å². The summed E-state index contributed by atoms with van der Waals surface area (Å²) in [6, 6.07) is 11.5.